The summed E-state index contributed by atoms with van der Waals surface area (Å²) in [4.78, 5) is 18.3. The number of fused-ring (bicyclic) bond motifs is 2. The topological polar surface area (TPSA) is 53.4 Å². The van der Waals surface area contributed by atoms with Gasteiger partial charge in [0.25, 0.3) is 0 Å². The van der Waals surface area contributed by atoms with Crippen LogP contribution in [0.3, 0.4) is 0 Å². The van der Waals surface area contributed by atoms with Crippen LogP contribution in [0.1, 0.15) is 69.8 Å². The van der Waals surface area contributed by atoms with Crippen LogP contribution in [0.25, 0.3) is 5.57 Å². The summed E-state index contributed by atoms with van der Waals surface area (Å²) in [5.41, 5.74) is 7.16. The number of halogens is 1. The van der Waals surface area contributed by atoms with Gasteiger partial charge in [0.1, 0.15) is 5.75 Å². The van der Waals surface area contributed by atoms with Crippen LogP contribution >= 0.6 is 15.9 Å². The van der Waals surface area contributed by atoms with Crippen molar-refractivity contribution in [2.45, 2.75) is 60.3 Å². The third-order valence-electron chi connectivity index (χ3n) is 5.36. The van der Waals surface area contributed by atoms with Crippen LogP contribution in [0, 0.1) is 0 Å². The summed E-state index contributed by atoms with van der Waals surface area (Å²) in [6.07, 6.45) is 5.37. The maximum atomic E-state index is 11.7. The zero-order valence-electron chi connectivity index (χ0n) is 18.8. The van der Waals surface area contributed by atoms with Crippen molar-refractivity contribution in [3.63, 3.8) is 0 Å². The van der Waals surface area contributed by atoms with E-state index in [1.807, 2.05) is 50.9 Å². The van der Waals surface area contributed by atoms with Crippen molar-refractivity contribution < 1.29 is 9.90 Å². The van der Waals surface area contributed by atoms with Gasteiger partial charge < -0.3 is 10.0 Å². The molecule has 1 aliphatic carbocycles. The second-order valence-electron chi connectivity index (χ2n) is 6.99. The van der Waals surface area contributed by atoms with Crippen LogP contribution in [0.15, 0.2) is 40.5 Å². The molecule has 30 heavy (non-hydrogen) atoms. The van der Waals surface area contributed by atoms with Crippen molar-refractivity contribution in [2.24, 2.45) is 0 Å². The summed E-state index contributed by atoms with van der Waals surface area (Å²) in [7, 11) is 0. The Morgan fingerprint density at radius 1 is 1.00 bits per heavy atom. The molecule has 1 N–H and O–H groups in total. The van der Waals surface area contributed by atoms with Crippen molar-refractivity contribution in [3.8, 4) is 5.75 Å². The molecule has 1 amide bonds. The monoisotopic (exact) mass is 472 g/mol. The van der Waals surface area contributed by atoms with Crippen LogP contribution in [0.2, 0.25) is 0 Å². The summed E-state index contributed by atoms with van der Waals surface area (Å²) in [5.74, 6) is 0.447. The van der Waals surface area contributed by atoms with Crippen molar-refractivity contribution in [1.29, 1.82) is 0 Å². The van der Waals surface area contributed by atoms with E-state index < -0.39 is 0 Å². The molecule has 1 aliphatic heterocycles. The molecule has 2 heterocycles. The highest BCUT2D eigenvalue weighted by Crippen LogP contribution is 2.39. The van der Waals surface area contributed by atoms with Gasteiger partial charge in [0.2, 0.25) is 5.91 Å². The molecule has 162 valence electrons. The Morgan fingerprint density at radius 2 is 1.63 bits per heavy atom. The number of phenolic OH excluding ortho intramolecular Hbond substituents is 1. The number of hydrogen-bond acceptors (Lipinski definition) is 3. The number of amides is 1. The maximum Gasteiger partial charge on any atom is 0.219 e. The number of hydrogen-bond donors (Lipinski definition) is 1. The third kappa shape index (κ3) is 5.31. The van der Waals surface area contributed by atoms with Gasteiger partial charge in [-0.15, -0.1) is 0 Å². The molecule has 0 bridgehead atoms. The molecule has 1 saturated heterocycles. The summed E-state index contributed by atoms with van der Waals surface area (Å²) in [5, 5.41) is 9.95. The van der Waals surface area contributed by atoms with Gasteiger partial charge in [-0.25, -0.2) is 0 Å². The highest BCUT2D eigenvalue weighted by Gasteiger charge is 2.26. The van der Waals surface area contributed by atoms with E-state index in [2.05, 4.69) is 22.0 Å². The first-order chi connectivity index (χ1) is 14.5. The number of aromatic nitrogens is 1. The number of rotatable bonds is 0. The molecule has 2 aliphatic rings. The molecule has 4 rings (SSSR count). The molecular formula is C25H33BrN2O2. The number of nitrogens with zero attached hydrogens (tertiary/aromatic N) is 2. The van der Waals surface area contributed by atoms with Gasteiger partial charge in [-0.3, -0.25) is 9.78 Å². The van der Waals surface area contributed by atoms with Crippen molar-refractivity contribution in [1.82, 2.24) is 9.88 Å². The molecule has 2 aromatic rings. The lowest BCUT2D eigenvalue weighted by Crippen LogP contribution is -2.34. The summed E-state index contributed by atoms with van der Waals surface area (Å²) >= 11 is 3.54. The normalized spacial score (nSPS) is 14.9. The minimum Gasteiger partial charge on any atom is -0.508 e. The largest absolute Gasteiger partial charge is 0.508 e. The van der Waals surface area contributed by atoms with E-state index in [1.54, 1.807) is 13.0 Å². The van der Waals surface area contributed by atoms with Crippen molar-refractivity contribution >= 4 is 27.4 Å². The first kappa shape index (κ1) is 24.1. The van der Waals surface area contributed by atoms with Crippen LogP contribution in [-0.4, -0.2) is 34.0 Å². The predicted molar refractivity (Wildman–Crippen MR) is 128 cm³/mol. The molecule has 0 unspecified atom stereocenters. The quantitative estimate of drug-likeness (QED) is 0.500. The standard InChI is InChI=1S/C21H21BrN2O2.2C2H6/c1-13(25)24-8-6-14(7-9-24)20-19-5-4-18(26)11-15(19)2-3-16-10-17(22)12-23-21(16)20;2*1-2/h4-5,10-12,26H,2-3,6-9H2,1H3;2*1-2H3. The van der Waals surface area contributed by atoms with Crippen LogP contribution in [-0.2, 0) is 17.6 Å². The minimum absolute atomic E-state index is 0.141. The maximum absolute atomic E-state index is 11.7. The number of aromatic hydroxyl groups is 1. The summed E-state index contributed by atoms with van der Waals surface area (Å²) < 4.78 is 0.987. The molecule has 0 saturated carbocycles. The third-order valence-corrected chi connectivity index (χ3v) is 5.79. The van der Waals surface area contributed by atoms with Crippen molar-refractivity contribution in [2.75, 3.05) is 13.1 Å². The molecule has 1 aromatic carbocycles. The Kier molecular flexibility index (Phi) is 9.09. The van der Waals surface area contributed by atoms with E-state index in [4.69, 9.17) is 4.98 Å². The average Bonchev–Trinajstić information content (AvgIpc) is 2.93. The Labute approximate surface area is 189 Å². The Bertz CT molecular complexity index is 856. The number of carbonyl (C=O) groups is 1. The van der Waals surface area contributed by atoms with Gasteiger partial charge in [-0.1, -0.05) is 39.3 Å². The Balaban J connectivity index is 0.000000757. The number of phenols is 1. The highest BCUT2D eigenvalue weighted by atomic mass is 79.9. The van der Waals surface area contributed by atoms with Gasteiger partial charge in [0.15, 0.2) is 0 Å². The van der Waals surface area contributed by atoms with Crippen LogP contribution in [0.4, 0.5) is 0 Å². The fourth-order valence-corrected chi connectivity index (χ4v) is 4.40. The molecule has 1 fully saturated rings. The van der Waals surface area contributed by atoms with Gasteiger partial charge >= 0.3 is 0 Å². The minimum atomic E-state index is 0.141. The molecule has 0 spiro atoms. The Morgan fingerprint density at radius 3 is 2.27 bits per heavy atom. The highest BCUT2D eigenvalue weighted by molar-refractivity contribution is 9.10. The molecule has 4 nitrogen and oxygen atoms in total. The van der Waals surface area contributed by atoms with Gasteiger partial charge in [0, 0.05) is 36.3 Å². The fourth-order valence-electron chi connectivity index (χ4n) is 4.02. The number of piperidine rings is 1. The average molecular weight is 473 g/mol. The van der Waals surface area contributed by atoms with Gasteiger partial charge in [-0.05, 0) is 76.5 Å². The van der Waals surface area contributed by atoms with E-state index in [0.717, 1.165) is 54.5 Å². The zero-order chi connectivity index (χ0) is 22.3. The Hall–Kier alpha value is -2.14. The van der Waals surface area contributed by atoms with E-state index >= 15 is 0 Å². The molecular weight excluding hydrogens is 440 g/mol. The molecule has 0 radical (unpaired) electrons. The summed E-state index contributed by atoms with van der Waals surface area (Å²) in [6, 6.07) is 7.80. The number of carbonyl (C=O) groups excluding carboxylic acids is 1. The molecule has 0 atom stereocenters. The number of aryl methyl sites for hydroxylation is 2. The molecule has 1 aromatic heterocycles. The number of benzene rings is 1. The van der Waals surface area contributed by atoms with Crippen LogP contribution in [0.5, 0.6) is 5.75 Å². The summed E-state index contributed by atoms with van der Waals surface area (Å²) in [6.45, 7) is 11.1. The second-order valence-corrected chi connectivity index (χ2v) is 7.90. The van der Waals surface area contributed by atoms with Gasteiger partial charge in [-0.2, -0.15) is 0 Å². The van der Waals surface area contributed by atoms with Gasteiger partial charge in [0.05, 0.1) is 5.69 Å². The smallest absolute Gasteiger partial charge is 0.219 e. The molecule has 5 heteroatoms. The lowest BCUT2D eigenvalue weighted by Gasteiger charge is -2.29. The first-order valence-electron chi connectivity index (χ1n) is 11.0. The van der Waals surface area contributed by atoms with E-state index in [1.165, 1.54) is 22.3 Å². The van der Waals surface area contributed by atoms with Crippen LogP contribution < -0.4 is 0 Å². The predicted octanol–water partition coefficient (Wildman–Crippen LogP) is 6.14. The number of pyridine rings is 1. The lowest BCUT2D eigenvalue weighted by atomic mass is 9.88. The first-order valence-corrected chi connectivity index (χ1v) is 11.8. The zero-order valence-corrected chi connectivity index (χ0v) is 20.3. The van der Waals surface area contributed by atoms with Crippen molar-refractivity contribution in [3.05, 3.63) is 62.9 Å². The van der Waals surface area contributed by atoms with E-state index in [0.29, 0.717) is 5.75 Å². The second kappa shape index (κ2) is 11.3. The number of likely N-dealkylation sites (tertiary alicyclic amines) is 1. The van der Waals surface area contributed by atoms with E-state index in [-0.39, 0.29) is 5.91 Å². The SMILES string of the molecule is CC.CC.CC(=O)N1CCC(=C2c3ccc(O)cc3CCc3cc(Br)cnc32)CC1. The fraction of sp³-hybridized carbons (Fsp3) is 0.440. The van der Waals surface area contributed by atoms with E-state index in [9.17, 15) is 9.90 Å². The lowest BCUT2D eigenvalue weighted by molar-refractivity contribution is -0.129.